The highest BCUT2D eigenvalue weighted by molar-refractivity contribution is 7.22. The van der Waals surface area contributed by atoms with Gasteiger partial charge in [-0.15, -0.1) is 11.3 Å². The highest BCUT2D eigenvalue weighted by Crippen LogP contribution is 2.41. The molecule has 0 saturated carbocycles. The summed E-state index contributed by atoms with van der Waals surface area (Å²) in [7, 11) is 1.99. The number of aromatic nitrogens is 3. The van der Waals surface area contributed by atoms with Gasteiger partial charge in [-0.25, -0.2) is 9.97 Å². The third-order valence-corrected chi connectivity index (χ3v) is 7.12. The van der Waals surface area contributed by atoms with Crippen LogP contribution in [0, 0.1) is 13.8 Å². The summed E-state index contributed by atoms with van der Waals surface area (Å²) in [5.41, 5.74) is 7.46. The predicted octanol–water partition coefficient (Wildman–Crippen LogP) is 6.41. The van der Waals surface area contributed by atoms with Crippen molar-refractivity contribution in [3.05, 3.63) is 70.5 Å². The van der Waals surface area contributed by atoms with Crippen LogP contribution in [0.2, 0.25) is 5.02 Å². The van der Waals surface area contributed by atoms with E-state index in [1.54, 1.807) is 11.3 Å². The van der Waals surface area contributed by atoms with Crippen LogP contribution >= 0.6 is 22.9 Å². The van der Waals surface area contributed by atoms with Gasteiger partial charge in [-0.2, -0.15) is 0 Å². The number of aryl methyl sites for hydroxylation is 3. The monoisotopic (exact) mass is 461 g/mol. The summed E-state index contributed by atoms with van der Waals surface area (Å²) in [6, 6.07) is 11.6. The minimum atomic E-state index is -0.860. The first kappa shape index (κ1) is 20.7. The molecule has 0 aliphatic rings. The first-order chi connectivity index (χ1) is 15.3. The Hall–Kier alpha value is -3.22. The van der Waals surface area contributed by atoms with Crippen molar-refractivity contribution < 1.29 is 9.90 Å². The minimum absolute atomic E-state index is 0.0519. The van der Waals surface area contributed by atoms with Crippen LogP contribution < -0.4 is 0 Å². The number of rotatable bonds is 4. The second-order valence-corrected chi connectivity index (χ2v) is 9.45. The van der Waals surface area contributed by atoms with Gasteiger partial charge in [-0.1, -0.05) is 23.7 Å². The van der Waals surface area contributed by atoms with Gasteiger partial charge in [0.25, 0.3) is 0 Å². The number of halogens is 1. The lowest BCUT2D eigenvalue weighted by Crippen LogP contribution is -2.04. The summed E-state index contributed by atoms with van der Waals surface area (Å²) in [6.45, 7) is 4.02. The zero-order valence-corrected chi connectivity index (χ0v) is 19.4. The number of carbonyl (C=O) groups is 1. The van der Waals surface area contributed by atoms with Crippen molar-refractivity contribution in [3.8, 4) is 21.7 Å². The summed E-state index contributed by atoms with van der Waals surface area (Å²) in [5.74, 6) is -0.860. The number of fused-ring (bicyclic) bond motifs is 2. The van der Waals surface area contributed by atoms with Gasteiger partial charge in [0.1, 0.15) is 10.7 Å². The van der Waals surface area contributed by atoms with Gasteiger partial charge < -0.3 is 9.67 Å². The normalized spacial score (nSPS) is 11.5. The van der Waals surface area contributed by atoms with E-state index < -0.39 is 5.97 Å². The number of hydrogen-bond donors (Lipinski definition) is 1. The third kappa shape index (κ3) is 3.45. The topological polar surface area (TPSA) is 68.0 Å². The van der Waals surface area contributed by atoms with Crippen molar-refractivity contribution in [2.24, 2.45) is 7.05 Å². The maximum Gasteiger partial charge on any atom is 0.307 e. The van der Waals surface area contributed by atoms with Crippen LogP contribution in [-0.2, 0) is 18.3 Å². The Bertz CT molecular complexity index is 1520. The van der Waals surface area contributed by atoms with Crippen LogP contribution in [0.4, 0.5) is 0 Å². The Morgan fingerprint density at radius 3 is 2.59 bits per heavy atom. The molecule has 0 atom stereocenters. The van der Waals surface area contributed by atoms with Crippen molar-refractivity contribution >= 4 is 50.2 Å². The molecule has 32 heavy (non-hydrogen) atoms. The van der Waals surface area contributed by atoms with E-state index in [1.807, 2.05) is 55.1 Å². The smallest absolute Gasteiger partial charge is 0.307 e. The fraction of sp³-hybridized carbons (Fsp3) is 0.160. The van der Waals surface area contributed by atoms with Gasteiger partial charge in [0.2, 0.25) is 0 Å². The fourth-order valence-electron chi connectivity index (χ4n) is 4.23. The molecule has 0 radical (unpaired) electrons. The number of benzene rings is 2. The van der Waals surface area contributed by atoms with E-state index in [0.717, 1.165) is 54.1 Å². The summed E-state index contributed by atoms with van der Waals surface area (Å²) in [5, 5.41) is 12.1. The molecule has 5 nitrogen and oxygen atoms in total. The van der Waals surface area contributed by atoms with Crippen LogP contribution in [0.25, 0.3) is 42.9 Å². The molecule has 3 aromatic heterocycles. The maximum atomic E-state index is 11.6. The van der Waals surface area contributed by atoms with Gasteiger partial charge in [0, 0.05) is 41.0 Å². The summed E-state index contributed by atoms with van der Waals surface area (Å²) < 4.78 is 2.99. The number of carboxylic acids is 1. The molecule has 0 bridgehead atoms. The van der Waals surface area contributed by atoms with Crippen LogP contribution in [0.5, 0.6) is 0 Å². The number of thiazole rings is 1. The van der Waals surface area contributed by atoms with Crippen molar-refractivity contribution in [2.75, 3.05) is 0 Å². The Morgan fingerprint density at radius 1 is 1.12 bits per heavy atom. The molecule has 0 aliphatic carbocycles. The molecule has 5 rings (SSSR count). The van der Waals surface area contributed by atoms with Crippen molar-refractivity contribution in [1.29, 1.82) is 0 Å². The average molecular weight is 462 g/mol. The number of aliphatic carboxylic acids is 1. The van der Waals surface area contributed by atoms with E-state index in [0.29, 0.717) is 5.02 Å². The largest absolute Gasteiger partial charge is 0.481 e. The van der Waals surface area contributed by atoms with Crippen LogP contribution in [0.3, 0.4) is 0 Å². The lowest BCUT2D eigenvalue weighted by atomic mass is 9.93. The minimum Gasteiger partial charge on any atom is -0.481 e. The van der Waals surface area contributed by atoms with Crippen molar-refractivity contribution in [1.82, 2.24) is 14.5 Å². The average Bonchev–Trinajstić information content (AvgIpc) is 3.29. The zero-order valence-electron chi connectivity index (χ0n) is 17.8. The molecule has 0 fully saturated rings. The van der Waals surface area contributed by atoms with Crippen LogP contribution in [0.15, 0.2) is 48.8 Å². The highest BCUT2D eigenvalue weighted by atomic mass is 35.5. The van der Waals surface area contributed by atoms with Crippen molar-refractivity contribution in [3.63, 3.8) is 0 Å². The molecule has 3 heterocycles. The number of carboxylic acid groups (broad SMARTS) is 1. The van der Waals surface area contributed by atoms with E-state index in [1.165, 1.54) is 5.56 Å². The molecular formula is C25H20ClN3O2S. The van der Waals surface area contributed by atoms with Crippen molar-refractivity contribution in [2.45, 2.75) is 20.3 Å². The Morgan fingerprint density at radius 2 is 1.88 bits per heavy atom. The number of pyridine rings is 1. The lowest BCUT2D eigenvalue weighted by molar-refractivity contribution is -0.136. The van der Waals surface area contributed by atoms with Crippen LogP contribution in [0.1, 0.15) is 16.7 Å². The molecule has 0 saturated heterocycles. The van der Waals surface area contributed by atoms with Gasteiger partial charge in [-0.3, -0.25) is 4.79 Å². The fourth-order valence-corrected chi connectivity index (χ4v) is 5.47. The maximum absolute atomic E-state index is 11.6. The molecule has 0 aliphatic heterocycles. The molecular weight excluding hydrogens is 442 g/mol. The SMILES string of the molecule is Cc1cc2nc(-c3cnc4c(c3)c(C)cn4C)sc2c(-c2ccc(Cl)cc2)c1CC(=O)O. The van der Waals surface area contributed by atoms with Gasteiger partial charge in [-0.05, 0) is 60.4 Å². The summed E-state index contributed by atoms with van der Waals surface area (Å²) in [4.78, 5) is 21.2. The molecule has 0 spiro atoms. The zero-order chi connectivity index (χ0) is 22.6. The van der Waals surface area contributed by atoms with E-state index in [-0.39, 0.29) is 6.42 Å². The molecule has 0 unspecified atom stereocenters. The summed E-state index contributed by atoms with van der Waals surface area (Å²) in [6.07, 6.45) is 3.87. The Balaban J connectivity index is 1.76. The quantitative estimate of drug-likeness (QED) is 0.335. The molecule has 2 aromatic carbocycles. The second kappa shape index (κ2) is 7.73. The standard InChI is InChI=1S/C25H20ClN3O2S/c1-13-8-20-23(22(18(13)10-21(30)31)15-4-6-17(26)7-5-15)32-25(28-20)16-9-19-14(2)12-29(3)24(19)27-11-16/h4-9,11-12H,10H2,1-3H3,(H,30,31). The third-order valence-electron chi connectivity index (χ3n) is 5.73. The molecule has 7 heteroatoms. The summed E-state index contributed by atoms with van der Waals surface area (Å²) >= 11 is 7.67. The molecule has 160 valence electrons. The number of nitrogens with zero attached hydrogens (tertiary/aromatic N) is 3. The van der Waals surface area contributed by atoms with Gasteiger partial charge >= 0.3 is 5.97 Å². The van der Waals surface area contributed by atoms with Crippen LogP contribution in [-0.4, -0.2) is 25.6 Å². The molecule has 1 N–H and O–H groups in total. The van der Waals surface area contributed by atoms with E-state index in [9.17, 15) is 9.90 Å². The Kier molecular flexibility index (Phi) is 4.99. The first-order valence-electron chi connectivity index (χ1n) is 10.1. The van der Waals surface area contributed by atoms with E-state index >= 15 is 0 Å². The lowest BCUT2D eigenvalue weighted by Gasteiger charge is -2.13. The number of hydrogen-bond acceptors (Lipinski definition) is 4. The van der Waals surface area contributed by atoms with Gasteiger partial charge in [0.05, 0.1) is 16.6 Å². The first-order valence-corrected chi connectivity index (χ1v) is 11.3. The Labute approximate surface area is 193 Å². The van der Waals surface area contributed by atoms with E-state index in [2.05, 4.69) is 24.2 Å². The van der Waals surface area contributed by atoms with E-state index in [4.69, 9.17) is 16.6 Å². The molecule has 5 aromatic rings. The highest BCUT2D eigenvalue weighted by Gasteiger charge is 2.20. The predicted molar refractivity (Wildman–Crippen MR) is 131 cm³/mol. The molecule has 0 amide bonds. The second-order valence-electron chi connectivity index (χ2n) is 8.01. The van der Waals surface area contributed by atoms with Gasteiger partial charge in [0.15, 0.2) is 0 Å².